The Bertz CT molecular complexity index is 495. The van der Waals surface area contributed by atoms with Gasteiger partial charge in [0, 0.05) is 18.5 Å². The smallest absolute Gasteiger partial charge is 0.338 e. The van der Waals surface area contributed by atoms with Crippen LogP contribution in [0.4, 0.5) is 0 Å². The third-order valence-corrected chi connectivity index (χ3v) is 3.43. The molecule has 0 aliphatic carbocycles. The van der Waals surface area contributed by atoms with Gasteiger partial charge in [-0.2, -0.15) is 0 Å². The molecule has 0 radical (unpaired) electrons. The number of benzene rings is 1. The number of rotatable bonds is 1. The molecule has 4 heteroatoms. The Kier molecular flexibility index (Phi) is 2.35. The van der Waals surface area contributed by atoms with Crippen molar-refractivity contribution in [1.82, 2.24) is 5.32 Å². The van der Waals surface area contributed by atoms with Gasteiger partial charge in [-0.15, -0.1) is 0 Å². The van der Waals surface area contributed by atoms with E-state index in [0.29, 0.717) is 18.6 Å². The van der Waals surface area contributed by atoms with Crippen molar-refractivity contribution in [3.63, 3.8) is 0 Å². The highest BCUT2D eigenvalue weighted by molar-refractivity contribution is 5.93. The minimum absolute atomic E-state index is 0.106. The molecule has 2 heterocycles. The molecule has 1 fully saturated rings. The highest BCUT2D eigenvalue weighted by Crippen LogP contribution is 2.29. The van der Waals surface area contributed by atoms with E-state index in [1.807, 2.05) is 18.2 Å². The van der Waals surface area contributed by atoms with E-state index in [1.54, 1.807) is 0 Å². The molecular weight excluding hydrogens is 218 g/mol. The van der Waals surface area contributed by atoms with Crippen LogP contribution in [0.5, 0.6) is 0 Å². The average molecular weight is 231 g/mol. The van der Waals surface area contributed by atoms with Crippen LogP contribution in [0.15, 0.2) is 18.2 Å². The van der Waals surface area contributed by atoms with Gasteiger partial charge in [-0.3, -0.25) is 4.79 Å². The predicted octanol–water partition coefficient (Wildman–Crippen LogP) is 1.35. The first kappa shape index (κ1) is 10.3. The molecule has 2 aliphatic heterocycles. The molecule has 3 rings (SSSR count). The highest BCUT2D eigenvalue weighted by Gasteiger charge is 2.25. The number of hydrogen-bond acceptors (Lipinski definition) is 3. The van der Waals surface area contributed by atoms with Gasteiger partial charge in [-0.1, -0.05) is 12.1 Å². The molecule has 0 unspecified atom stereocenters. The number of nitrogens with one attached hydrogen (secondary N) is 1. The summed E-state index contributed by atoms with van der Waals surface area (Å²) >= 11 is 0. The van der Waals surface area contributed by atoms with E-state index in [2.05, 4.69) is 5.32 Å². The van der Waals surface area contributed by atoms with E-state index in [1.165, 1.54) is 0 Å². The first-order chi connectivity index (χ1) is 8.24. The lowest BCUT2D eigenvalue weighted by molar-refractivity contribution is -0.122. The van der Waals surface area contributed by atoms with Crippen molar-refractivity contribution in [3.05, 3.63) is 34.9 Å². The summed E-state index contributed by atoms with van der Waals surface area (Å²) in [6, 6.07) is 5.75. The second-order valence-corrected chi connectivity index (χ2v) is 4.53. The molecule has 1 amide bonds. The third kappa shape index (κ3) is 1.79. The average Bonchev–Trinajstić information content (AvgIpc) is 2.71. The van der Waals surface area contributed by atoms with Crippen LogP contribution in [0, 0.1) is 0 Å². The first-order valence-electron chi connectivity index (χ1n) is 5.80. The molecule has 2 aliphatic rings. The number of carbonyl (C=O) groups excluding carboxylic acids is 2. The Morgan fingerprint density at radius 3 is 3.00 bits per heavy atom. The van der Waals surface area contributed by atoms with Crippen molar-refractivity contribution in [3.8, 4) is 0 Å². The highest BCUT2D eigenvalue weighted by atomic mass is 16.5. The van der Waals surface area contributed by atoms with E-state index < -0.39 is 0 Å². The maximum absolute atomic E-state index is 11.3. The lowest BCUT2D eigenvalue weighted by Gasteiger charge is -2.22. The maximum Gasteiger partial charge on any atom is 0.338 e. The number of cyclic esters (lactones) is 1. The zero-order valence-corrected chi connectivity index (χ0v) is 9.36. The van der Waals surface area contributed by atoms with Crippen molar-refractivity contribution >= 4 is 11.9 Å². The number of amides is 1. The molecule has 88 valence electrons. The number of hydrogen-bond donors (Lipinski definition) is 1. The SMILES string of the molecule is O=C1C[C@H](c2ccc3c(c2)COC3=O)CCN1. The third-order valence-electron chi connectivity index (χ3n) is 3.43. The van der Waals surface area contributed by atoms with Crippen LogP contribution in [0.3, 0.4) is 0 Å². The van der Waals surface area contributed by atoms with Gasteiger partial charge < -0.3 is 10.1 Å². The quantitative estimate of drug-likeness (QED) is 0.742. The standard InChI is InChI=1S/C13H13NO3/c15-12-6-9(3-4-14-12)8-1-2-11-10(5-8)7-17-13(11)16/h1-2,5,9H,3-4,6-7H2,(H,14,15)/t9-/m1/s1. The fraction of sp³-hybridized carbons (Fsp3) is 0.385. The molecule has 1 saturated heterocycles. The largest absolute Gasteiger partial charge is 0.457 e. The molecule has 0 bridgehead atoms. The Morgan fingerprint density at radius 2 is 2.18 bits per heavy atom. The fourth-order valence-corrected chi connectivity index (χ4v) is 2.48. The molecule has 1 aromatic carbocycles. The number of carbonyl (C=O) groups is 2. The van der Waals surface area contributed by atoms with Crippen LogP contribution >= 0.6 is 0 Å². The van der Waals surface area contributed by atoms with Crippen LogP contribution in [-0.4, -0.2) is 18.4 Å². The monoisotopic (exact) mass is 231 g/mol. The molecule has 4 nitrogen and oxygen atoms in total. The summed E-state index contributed by atoms with van der Waals surface area (Å²) in [5.74, 6) is 0.131. The fourth-order valence-electron chi connectivity index (χ4n) is 2.48. The summed E-state index contributed by atoms with van der Waals surface area (Å²) in [5, 5.41) is 2.82. The van der Waals surface area contributed by atoms with Gasteiger partial charge in [0.15, 0.2) is 0 Å². The molecule has 0 saturated carbocycles. The van der Waals surface area contributed by atoms with Crippen molar-refractivity contribution < 1.29 is 14.3 Å². The molecule has 0 spiro atoms. The lowest BCUT2D eigenvalue weighted by atomic mass is 9.88. The molecule has 1 N–H and O–H groups in total. The van der Waals surface area contributed by atoms with Crippen molar-refractivity contribution in [1.29, 1.82) is 0 Å². The first-order valence-corrected chi connectivity index (χ1v) is 5.80. The van der Waals surface area contributed by atoms with Gasteiger partial charge in [-0.05, 0) is 24.0 Å². The van der Waals surface area contributed by atoms with Crippen LogP contribution in [0.2, 0.25) is 0 Å². The predicted molar refractivity (Wildman–Crippen MR) is 60.5 cm³/mol. The molecule has 17 heavy (non-hydrogen) atoms. The van der Waals surface area contributed by atoms with Crippen LogP contribution in [0.25, 0.3) is 0 Å². The lowest BCUT2D eigenvalue weighted by Crippen LogP contribution is -2.32. The summed E-state index contributed by atoms with van der Waals surface area (Å²) in [4.78, 5) is 22.7. The molecule has 1 atom stereocenters. The zero-order valence-electron chi connectivity index (χ0n) is 9.36. The van der Waals surface area contributed by atoms with Gasteiger partial charge in [0.1, 0.15) is 6.61 Å². The second kappa shape index (κ2) is 3.87. The number of piperidine rings is 1. The van der Waals surface area contributed by atoms with Crippen molar-refractivity contribution in [2.24, 2.45) is 0 Å². The summed E-state index contributed by atoms with van der Waals surface area (Å²) in [7, 11) is 0. The normalized spacial score (nSPS) is 22.9. The molecular formula is C13H13NO3. The molecule has 0 aromatic heterocycles. The van der Waals surface area contributed by atoms with Crippen molar-refractivity contribution in [2.75, 3.05) is 6.54 Å². The summed E-state index contributed by atoms with van der Waals surface area (Å²) < 4.78 is 4.97. The van der Waals surface area contributed by atoms with E-state index >= 15 is 0 Å². The number of esters is 1. The van der Waals surface area contributed by atoms with Gasteiger partial charge in [-0.25, -0.2) is 4.79 Å². The van der Waals surface area contributed by atoms with E-state index in [-0.39, 0.29) is 17.8 Å². The van der Waals surface area contributed by atoms with E-state index in [4.69, 9.17) is 4.74 Å². The summed E-state index contributed by atoms with van der Waals surface area (Å²) in [6.07, 6.45) is 1.49. The zero-order chi connectivity index (χ0) is 11.8. The van der Waals surface area contributed by atoms with Crippen LogP contribution < -0.4 is 5.32 Å². The summed E-state index contributed by atoms with van der Waals surface area (Å²) in [6.45, 7) is 1.09. The van der Waals surface area contributed by atoms with Crippen LogP contribution in [0.1, 0.15) is 40.2 Å². The number of fused-ring (bicyclic) bond motifs is 1. The Balaban J connectivity index is 1.89. The van der Waals surface area contributed by atoms with E-state index in [0.717, 1.165) is 24.1 Å². The topological polar surface area (TPSA) is 55.4 Å². The van der Waals surface area contributed by atoms with Gasteiger partial charge >= 0.3 is 5.97 Å². The summed E-state index contributed by atoms with van der Waals surface area (Å²) in [5.41, 5.74) is 2.74. The molecule has 1 aromatic rings. The Hall–Kier alpha value is -1.84. The van der Waals surface area contributed by atoms with Gasteiger partial charge in [0.25, 0.3) is 0 Å². The Labute approximate surface area is 99.0 Å². The van der Waals surface area contributed by atoms with Crippen LogP contribution in [-0.2, 0) is 16.1 Å². The second-order valence-electron chi connectivity index (χ2n) is 4.53. The minimum atomic E-state index is -0.243. The number of ether oxygens (including phenoxy) is 1. The van der Waals surface area contributed by atoms with Gasteiger partial charge in [0.2, 0.25) is 5.91 Å². The minimum Gasteiger partial charge on any atom is -0.457 e. The Morgan fingerprint density at radius 1 is 1.29 bits per heavy atom. The maximum atomic E-state index is 11.3. The van der Waals surface area contributed by atoms with E-state index in [9.17, 15) is 9.59 Å². The van der Waals surface area contributed by atoms with Gasteiger partial charge in [0.05, 0.1) is 5.56 Å². The van der Waals surface area contributed by atoms with Crippen molar-refractivity contribution in [2.45, 2.75) is 25.4 Å².